The van der Waals surface area contributed by atoms with Crippen LogP contribution in [0.5, 0.6) is 0 Å². The monoisotopic (exact) mass is 336 g/mol. The van der Waals surface area contributed by atoms with Crippen molar-refractivity contribution >= 4 is 17.3 Å². The van der Waals surface area contributed by atoms with Crippen molar-refractivity contribution in [1.82, 2.24) is 19.5 Å². The number of rotatable bonds is 6. The molecule has 2 aromatic heterocycles. The Morgan fingerprint density at radius 2 is 2.21 bits per heavy atom. The molecule has 3 rings (SSSR count). The standard InChI is InChI=1S/C14H20N6O4/c1-17(9-11(21)10-18-4-6-24-7-5-18)13-3-2-12-15-8-14(20(22)23)19(12)16-13/h2-3,8,11,21H,4-7,9-10H2,1H3. The zero-order valence-corrected chi connectivity index (χ0v) is 13.4. The Labute approximate surface area is 138 Å². The molecule has 1 atom stereocenters. The summed E-state index contributed by atoms with van der Waals surface area (Å²) in [5, 5.41) is 25.5. The van der Waals surface area contributed by atoms with E-state index < -0.39 is 11.0 Å². The van der Waals surface area contributed by atoms with Crippen molar-refractivity contribution in [2.75, 3.05) is 51.3 Å². The van der Waals surface area contributed by atoms with Crippen LogP contribution in [0.1, 0.15) is 0 Å². The smallest absolute Gasteiger partial charge is 0.368 e. The van der Waals surface area contributed by atoms with Crippen molar-refractivity contribution in [2.45, 2.75) is 6.10 Å². The predicted octanol–water partition coefficient (Wildman–Crippen LogP) is -0.233. The molecule has 24 heavy (non-hydrogen) atoms. The lowest BCUT2D eigenvalue weighted by Crippen LogP contribution is -2.44. The SMILES string of the molecule is CN(CC(O)CN1CCOCC1)c1ccc2ncc([N+](=O)[O-])n2n1. The molecule has 1 aliphatic rings. The summed E-state index contributed by atoms with van der Waals surface area (Å²) in [7, 11) is 1.79. The molecule has 10 nitrogen and oxygen atoms in total. The molecule has 0 saturated carbocycles. The largest absolute Gasteiger partial charge is 0.390 e. The van der Waals surface area contributed by atoms with Gasteiger partial charge in [0.2, 0.25) is 5.65 Å². The summed E-state index contributed by atoms with van der Waals surface area (Å²) in [6.45, 7) is 3.92. The van der Waals surface area contributed by atoms with Crippen LogP contribution in [0.15, 0.2) is 18.3 Å². The van der Waals surface area contributed by atoms with E-state index in [2.05, 4.69) is 15.0 Å². The molecular formula is C14H20N6O4. The first-order chi connectivity index (χ1) is 11.5. The molecule has 1 fully saturated rings. The Morgan fingerprint density at radius 1 is 1.46 bits per heavy atom. The summed E-state index contributed by atoms with van der Waals surface area (Å²) >= 11 is 0. The van der Waals surface area contributed by atoms with Gasteiger partial charge in [-0.05, 0) is 11.0 Å². The molecule has 10 heteroatoms. The average Bonchev–Trinajstić information content (AvgIpc) is 2.98. The van der Waals surface area contributed by atoms with E-state index in [4.69, 9.17) is 4.74 Å². The van der Waals surface area contributed by atoms with Gasteiger partial charge in [0.25, 0.3) is 0 Å². The first kappa shape index (κ1) is 16.6. The highest BCUT2D eigenvalue weighted by molar-refractivity contribution is 5.49. The maximum Gasteiger partial charge on any atom is 0.368 e. The fraction of sp³-hybridized carbons (Fsp3) is 0.571. The third-order valence-corrected chi connectivity index (χ3v) is 3.97. The quantitative estimate of drug-likeness (QED) is 0.569. The number of imidazole rings is 1. The summed E-state index contributed by atoms with van der Waals surface area (Å²) < 4.78 is 6.48. The molecular weight excluding hydrogens is 316 g/mol. The molecule has 1 unspecified atom stereocenters. The van der Waals surface area contributed by atoms with Crippen LogP contribution in [-0.4, -0.2) is 82.1 Å². The van der Waals surface area contributed by atoms with Crippen LogP contribution in [-0.2, 0) is 4.74 Å². The van der Waals surface area contributed by atoms with Crippen LogP contribution in [0, 0.1) is 10.1 Å². The van der Waals surface area contributed by atoms with Crippen LogP contribution >= 0.6 is 0 Å². The number of β-amino-alcohol motifs (C(OH)–C–C–N with tert-alkyl or cyclic N) is 1. The Morgan fingerprint density at radius 3 is 2.92 bits per heavy atom. The average molecular weight is 336 g/mol. The number of hydrogen-bond acceptors (Lipinski definition) is 8. The molecule has 0 amide bonds. The van der Waals surface area contributed by atoms with Crippen LogP contribution < -0.4 is 4.90 Å². The van der Waals surface area contributed by atoms with Crippen molar-refractivity contribution in [2.24, 2.45) is 0 Å². The van der Waals surface area contributed by atoms with E-state index in [1.165, 1.54) is 10.7 Å². The normalized spacial score (nSPS) is 17.1. The minimum atomic E-state index is -0.552. The lowest BCUT2D eigenvalue weighted by molar-refractivity contribution is -0.391. The van der Waals surface area contributed by atoms with Crippen LogP contribution in [0.3, 0.4) is 0 Å². The molecule has 130 valence electrons. The summed E-state index contributed by atoms with van der Waals surface area (Å²) in [6, 6.07) is 3.40. The van der Waals surface area contributed by atoms with Gasteiger partial charge in [0.05, 0.1) is 19.3 Å². The number of nitrogens with zero attached hydrogens (tertiary/aromatic N) is 6. The number of anilines is 1. The number of fused-ring (bicyclic) bond motifs is 1. The molecule has 0 radical (unpaired) electrons. The highest BCUT2D eigenvalue weighted by Crippen LogP contribution is 2.16. The van der Waals surface area contributed by atoms with Gasteiger partial charge in [-0.1, -0.05) is 9.61 Å². The number of nitro groups is 1. The van der Waals surface area contributed by atoms with E-state index in [1.54, 1.807) is 24.1 Å². The van der Waals surface area contributed by atoms with Gasteiger partial charge in [0.15, 0.2) is 5.82 Å². The van der Waals surface area contributed by atoms with Gasteiger partial charge >= 0.3 is 5.82 Å². The van der Waals surface area contributed by atoms with Crippen molar-refractivity contribution < 1.29 is 14.8 Å². The molecule has 1 saturated heterocycles. The van der Waals surface area contributed by atoms with Crippen molar-refractivity contribution in [1.29, 1.82) is 0 Å². The summed E-state index contributed by atoms with van der Waals surface area (Å²) in [5.74, 6) is 0.346. The molecule has 2 aromatic rings. The van der Waals surface area contributed by atoms with Gasteiger partial charge in [-0.15, -0.1) is 0 Å². The van der Waals surface area contributed by atoms with E-state index in [0.29, 0.717) is 37.8 Å². The molecule has 0 aromatic carbocycles. The van der Waals surface area contributed by atoms with Gasteiger partial charge in [0.1, 0.15) is 6.20 Å². The predicted molar refractivity (Wildman–Crippen MR) is 86.2 cm³/mol. The van der Waals surface area contributed by atoms with Crippen LogP contribution in [0.25, 0.3) is 5.65 Å². The summed E-state index contributed by atoms with van der Waals surface area (Å²) in [5.41, 5.74) is 0.410. The van der Waals surface area contributed by atoms with E-state index in [1.807, 2.05) is 0 Å². The number of aliphatic hydroxyl groups excluding tert-OH is 1. The summed E-state index contributed by atoms with van der Waals surface area (Å²) in [4.78, 5) is 18.3. The third-order valence-electron chi connectivity index (χ3n) is 3.97. The van der Waals surface area contributed by atoms with E-state index in [0.717, 1.165) is 13.1 Å². The van der Waals surface area contributed by atoms with Crippen LogP contribution in [0.4, 0.5) is 11.6 Å². The number of hydrogen-bond donors (Lipinski definition) is 1. The van der Waals surface area contributed by atoms with Gasteiger partial charge in [-0.25, -0.2) is 4.98 Å². The zero-order valence-electron chi connectivity index (χ0n) is 13.4. The second-order valence-corrected chi connectivity index (χ2v) is 5.78. The Hall–Kier alpha value is -2.30. The highest BCUT2D eigenvalue weighted by Gasteiger charge is 2.20. The third kappa shape index (κ3) is 3.61. The summed E-state index contributed by atoms with van der Waals surface area (Å²) in [6.07, 6.45) is 0.628. The lowest BCUT2D eigenvalue weighted by Gasteiger charge is -2.30. The van der Waals surface area contributed by atoms with Gasteiger partial charge in [-0.2, -0.15) is 0 Å². The molecule has 1 N–H and O–H groups in total. The highest BCUT2D eigenvalue weighted by atomic mass is 16.6. The molecule has 0 spiro atoms. The fourth-order valence-electron chi connectivity index (χ4n) is 2.73. The Bertz CT molecular complexity index is 714. The number of aliphatic hydroxyl groups is 1. The lowest BCUT2D eigenvalue weighted by atomic mass is 10.3. The number of morpholine rings is 1. The first-order valence-electron chi connectivity index (χ1n) is 7.73. The van der Waals surface area contributed by atoms with Crippen molar-refractivity contribution in [3.63, 3.8) is 0 Å². The number of ether oxygens (including phenoxy) is 1. The van der Waals surface area contributed by atoms with Gasteiger partial charge < -0.3 is 24.9 Å². The van der Waals surface area contributed by atoms with Crippen molar-refractivity contribution in [3.05, 3.63) is 28.4 Å². The molecule has 0 bridgehead atoms. The molecule has 0 aliphatic carbocycles. The maximum absolute atomic E-state index is 11.0. The van der Waals surface area contributed by atoms with E-state index >= 15 is 0 Å². The number of likely N-dealkylation sites (N-methyl/N-ethyl adjacent to an activating group) is 1. The van der Waals surface area contributed by atoms with Gasteiger partial charge in [-0.3, -0.25) is 4.90 Å². The van der Waals surface area contributed by atoms with Gasteiger partial charge in [0, 0.05) is 39.3 Å². The Kier molecular flexibility index (Phi) is 4.88. The maximum atomic E-state index is 11.0. The number of aromatic nitrogens is 3. The van der Waals surface area contributed by atoms with E-state index in [-0.39, 0.29) is 5.82 Å². The van der Waals surface area contributed by atoms with Crippen LogP contribution in [0.2, 0.25) is 0 Å². The minimum Gasteiger partial charge on any atom is -0.390 e. The zero-order chi connectivity index (χ0) is 17.1. The minimum absolute atomic E-state index is 0.186. The fourth-order valence-corrected chi connectivity index (χ4v) is 2.73. The molecule has 1 aliphatic heterocycles. The second-order valence-electron chi connectivity index (χ2n) is 5.78. The topological polar surface area (TPSA) is 109 Å². The first-order valence-corrected chi connectivity index (χ1v) is 7.73. The van der Waals surface area contributed by atoms with E-state index in [9.17, 15) is 15.2 Å². The second kappa shape index (κ2) is 7.07. The Balaban J connectivity index is 1.67. The van der Waals surface area contributed by atoms with Crippen molar-refractivity contribution in [3.8, 4) is 0 Å². The molecule has 3 heterocycles.